The molecule has 1 fully saturated rings. The third kappa shape index (κ3) is 1.87. The second-order valence-corrected chi connectivity index (χ2v) is 4.39. The maximum absolute atomic E-state index is 13.4. The molecule has 0 amide bonds. The van der Waals surface area contributed by atoms with E-state index in [1.54, 1.807) is 30.1 Å². The number of hydrogen-bond acceptors (Lipinski definition) is 2. The zero-order valence-corrected chi connectivity index (χ0v) is 9.11. The Labute approximate surface area is 93.5 Å². The molecule has 1 N–H and O–H groups in total. The number of nitrogens with zero attached hydrogens (tertiary/aromatic N) is 1. The molecule has 4 heteroatoms. The number of anilines is 1. The van der Waals surface area contributed by atoms with Gasteiger partial charge in [-0.3, -0.25) is 4.79 Å². The zero-order chi connectivity index (χ0) is 11.8. The molecule has 0 atom stereocenters. The topological polar surface area (TPSA) is 40.5 Å². The molecule has 1 aliphatic carbocycles. The molecule has 0 aliphatic heterocycles. The summed E-state index contributed by atoms with van der Waals surface area (Å²) < 4.78 is 13.4. The number of para-hydroxylation sites is 1. The van der Waals surface area contributed by atoms with Crippen LogP contribution in [0.25, 0.3) is 0 Å². The number of carbonyl (C=O) groups is 1. The van der Waals surface area contributed by atoms with E-state index in [1.165, 1.54) is 6.07 Å². The minimum atomic E-state index is -0.782. The molecule has 3 nitrogen and oxygen atoms in total. The van der Waals surface area contributed by atoms with Crippen molar-refractivity contribution in [1.29, 1.82) is 0 Å². The van der Waals surface area contributed by atoms with Gasteiger partial charge in [0.15, 0.2) is 0 Å². The van der Waals surface area contributed by atoms with E-state index in [0.717, 1.165) is 0 Å². The van der Waals surface area contributed by atoms with Crippen molar-refractivity contribution in [3.63, 3.8) is 0 Å². The van der Waals surface area contributed by atoms with Gasteiger partial charge in [-0.15, -0.1) is 0 Å². The van der Waals surface area contributed by atoms with E-state index in [-0.39, 0.29) is 5.82 Å². The average Bonchev–Trinajstić information content (AvgIpc) is 2.99. The summed E-state index contributed by atoms with van der Waals surface area (Å²) >= 11 is 0. The first-order chi connectivity index (χ1) is 7.55. The van der Waals surface area contributed by atoms with Crippen LogP contribution in [0.3, 0.4) is 0 Å². The Kier molecular flexibility index (Phi) is 2.58. The third-order valence-electron chi connectivity index (χ3n) is 3.11. The Bertz CT molecular complexity index is 415. The van der Waals surface area contributed by atoms with Crippen molar-refractivity contribution >= 4 is 11.7 Å². The number of benzene rings is 1. The first-order valence-electron chi connectivity index (χ1n) is 5.24. The van der Waals surface area contributed by atoms with Gasteiger partial charge in [0.25, 0.3) is 0 Å². The van der Waals surface area contributed by atoms with Gasteiger partial charge in [0.2, 0.25) is 0 Å². The number of aliphatic carboxylic acids is 1. The van der Waals surface area contributed by atoms with Crippen LogP contribution in [-0.2, 0) is 4.79 Å². The number of hydrogen-bond donors (Lipinski definition) is 1. The fraction of sp³-hybridized carbons (Fsp3) is 0.417. The lowest BCUT2D eigenvalue weighted by Gasteiger charge is -2.23. The maximum atomic E-state index is 13.4. The van der Waals surface area contributed by atoms with Crippen molar-refractivity contribution in [2.75, 3.05) is 18.5 Å². The molecule has 0 radical (unpaired) electrons. The van der Waals surface area contributed by atoms with E-state index in [0.29, 0.717) is 25.1 Å². The summed E-state index contributed by atoms with van der Waals surface area (Å²) in [4.78, 5) is 12.7. The number of rotatable bonds is 4. The van der Waals surface area contributed by atoms with E-state index >= 15 is 0 Å². The van der Waals surface area contributed by atoms with Crippen LogP contribution in [0.2, 0.25) is 0 Å². The summed E-state index contributed by atoms with van der Waals surface area (Å²) in [5.74, 6) is -1.10. The van der Waals surface area contributed by atoms with Crippen LogP contribution in [0.4, 0.5) is 10.1 Å². The van der Waals surface area contributed by atoms with Gasteiger partial charge in [-0.1, -0.05) is 12.1 Å². The molecule has 16 heavy (non-hydrogen) atoms. The highest BCUT2D eigenvalue weighted by molar-refractivity contribution is 5.78. The summed E-state index contributed by atoms with van der Waals surface area (Å²) in [5, 5.41) is 9.05. The standard InChI is InChI=1S/C12H14FNO2/c1-14(8-12(6-7-12)11(15)16)10-5-3-2-4-9(10)13/h2-5H,6-8H2,1H3,(H,15,16). The SMILES string of the molecule is CN(CC1(C(=O)O)CC1)c1ccccc1F. The van der Waals surface area contributed by atoms with Gasteiger partial charge in [0.1, 0.15) is 5.82 Å². The van der Waals surface area contributed by atoms with Crippen molar-refractivity contribution < 1.29 is 14.3 Å². The number of carboxylic acid groups (broad SMARTS) is 1. The summed E-state index contributed by atoms with van der Waals surface area (Å²) in [6.45, 7) is 0.364. The van der Waals surface area contributed by atoms with Crippen molar-refractivity contribution in [3.05, 3.63) is 30.1 Å². The summed E-state index contributed by atoms with van der Waals surface area (Å²) in [6, 6.07) is 6.41. The number of carboxylic acids is 1. The average molecular weight is 223 g/mol. The Hall–Kier alpha value is -1.58. The molecule has 0 unspecified atom stereocenters. The summed E-state index contributed by atoms with van der Waals surface area (Å²) in [6.07, 6.45) is 1.36. The van der Waals surface area contributed by atoms with Gasteiger partial charge < -0.3 is 10.0 Å². The molecule has 1 aromatic rings. The lowest BCUT2D eigenvalue weighted by Crippen LogP contribution is -2.32. The largest absolute Gasteiger partial charge is 0.481 e. The van der Waals surface area contributed by atoms with Gasteiger partial charge in [-0.05, 0) is 25.0 Å². The van der Waals surface area contributed by atoms with E-state index in [1.807, 2.05) is 0 Å². The molecule has 1 aromatic carbocycles. The normalized spacial score (nSPS) is 16.9. The van der Waals surface area contributed by atoms with Gasteiger partial charge >= 0.3 is 5.97 Å². The fourth-order valence-corrected chi connectivity index (χ4v) is 1.89. The summed E-state index contributed by atoms with van der Waals surface area (Å²) in [7, 11) is 1.72. The molecule has 0 spiro atoms. The highest BCUT2D eigenvalue weighted by Gasteiger charge is 2.51. The molecule has 86 valence electrons. The van der Waals surface area contributed by atoms with Crippen LogP contribution in [-0.4, -0.2) is 24.7 Å². The maximum Gasteiger partial charge on any atom is 0.311 e. The number of halogens is 1. The van der Waals surface area contributed by atoms with E-state index in [2.05, 4.69) is 0 Å². The molecule has 0 heterocycles. The second kappa shape index (κ2) is 3.77. The Balaban J connectivity index is 2.12. The lowest BCUT2D eigenvalue weighted by atomic mass is 10.1. The van der Waals surface area contributed by atoms with E-state index in [4.69, 9.17) is 5.11 Å². The van der Waals surface area contributed by atoms with Gasteiger partial charge in [-0.2, -0.15) is 0 Å². The third-order valence-corrected chi connectivity index (χ3v) is 3.11. The van der Waals surface area contributed by atoms with Crippen LogP contribution < -0.4 is 4.90 Å². The first kappa shape index (κ1) is 10.9. The van der Waals surface area contributed by atoms with Gasteiger partial charge in [0, 0.05) is 13.6 Å². The second-order valence-electron chi connectivity index (χ2n) is 4.39. The Morgan fingerprint density at radius 3 is 2.62 bits per heavy atom. The molecular weight excluding hydrogens is 209 g/mol. The van der Waals surface area contributed by atoms with Crippen molar-refractivity contribution in [3.8, 4) is 0 Å². The van der Waals surface area contributed by atoms with Crippen LogP contribution in [0.15, 0.2) is 24.3 Å². The predicted molar refractivity (Wildman–Crippen MR) is 59.0 cm³/mol. The molecule has 2 rings (SSSR count). The predicted octanol–water partition coefficient (Wildman–Crippen LogP) is 2.13. The first-order valence-corrected chi connectivity index (χ1v) is 5.24. The van der Waals surface area contributed by atoms with Crippen molar-refractivity contribution in [1.82, 2.24) is 0 Å². The molecule has 1 saturated carbocycles. The molecule has 1 aliphatic rings. The van der Waals surface area contributed by atoms with E-state index in [9.17, 15) is 9.18 Å². The smallest absolute Gasteiger partial charge is 0.311 e. The Morgan fingerprint density at radius 2 is 2.12 bits per heavy atom. The quantitative estimate of drug-likeness (QED) is 0.850. The highest BCUT2D eigenvalue weighted by atomic mass is 19.1. The van der Waals surface area contributed by atoms with Crippen LogP contribution in [0, 0.1) is 11.2 Å². The van der Waals surface area contributed by atoms with Gasteiger partial charge in [0.05, 0.1) is 11.1 Å². The van der Waals surface area contributed by atoms with Gasteiger partial charge in [-0.25, -0.2) is 4.39 Å². The molecule has 0 bridgehead atoms. The molecular formula is C12H14FNO2. The summed E-state index contributed by atoms with van der Waals surface area (Å²) in [5.41, 5.74) is -0.202. The molecule has 0 aromatic heterocycles. The highest BCUT2D eigenvalue weighted by Crippen LogP contribution is 2.46. The minimum absolute atomic E-state index is 0.314. The van der Waals surface area contributed by atoms with Crippen molar-refractivity contribution in [2.45, 2.75) is 12.8 Å². The zero-order valence-electron chi connectivity index (χ0n) is 9.11. The van der Waals surface area contributed by atoms with Crippen LogP contribution in [0.5, 0.6) is 0 Å². The minimum Gasteiger partial charge on any atom is -0.481 e. The van der Waals surface area contributed by atoms with E-state index < -0.39 is 11.4 Å². The monoisotopic (exact) mass is 223 g/mol. The van der Waals surface area contributed by atoms with Crippen LogP contribution in [0.1, 0.15) is 12.8 Å². The lowest BCUT2D eigenvalue weighted by molar-refractivity contribution is -0.142. The Morgan fingerprint density at radius 1 is 1.50 bits per heavy atom. The molecule has 0 saturated heterocycles. The fourth-order valence-electron chi connectivity index (χ4n) is 1.89. The van der Waals surface area contributed by atoms with Crippen LogP contribution >= 0.6 is 0 Å². The van der Waals surface area contributed by atoms with Crippen molar-refractivity contribution in [2.24, 2.45) is 5.41 Å².